The number of nitrogens with one attached hydrogen (secondary N) is 1. The third-order valence-electron chi connectivity index (χ3n) is 2.06. The fourth-order valence-electron chi connectivity index (χ4n) is 1.33. The van der Waals surface area contributed by atoms with Gasteiger partial charge in [0.15, 0.2) is 11.1 Å². The van der Waals surface area contributed by atoms with E-state index >= 15 is 0 Å². The first-order valence-corrected chi connectivity index (χ1v) is 6.07. The average molecular weight is 266 g/mol. The molecule has 0 fully saturated rings. The molecule has 1 aromatic carbocycles. The van der Waals surface area contributed by atoms with Crippen molar-refractivity contribution in [1.29, 1.82) is 5.41 Å². The second kappa shape index (κ2) is 6.65. The number of hydrogen-bond donors (Lipinski definition) is 4. The summed E-state index contributed by atoms with van der Waals surface area (Å²) in [5, 5.41) is 16.3. The van der Waals surface area contributed by atoms with Crippen molar-refractivity contribution < 1.29 is 9.90 Å². The van der Waals surface area contributed by atoms with Gasteiger partial charge in [0.2, 0.25) is 0 Å². The lowest BCUT2D eigenvalue weighted by Gasteiger charge is -2.06. The highest BCUT2D eigenvalue weighted by Crippen LogP contribution is 2.18. The number of hydrogen-bond acceptors (Lipinski definition) is 3. The molecule has 0 atom stereocenters. The summed E-state index contributed by atoms with van der Waals surface area (Å²) in [6.07, 6.45) is -0.0354. The van der Waals surface area contributed by atoms with Gasteiger partial charge in [0.25, 0.3) is 0 Å². The quantitative estimate of drug-likeness (QED) is 0.472. The van der Waals surface area contributed by atoms with E-state index in [4.69, 9.17) is 22.0 Å². The summed E-state index contributed by atoms with van der Waals surface area (Å²) in [6, 6.07) is 7.20. The van der Waals surface area contributed by atoms with Crippen molar-refractivity contribution in [1.82, 2.24) is 0 Å². The van der Waals surface area contributed by atoms with Crippen molar-refractivity contribution in [2.75, 3.05) is 0 Å². The number of carbonyl (C=O) groups is 1. The van der Waals surface area contributed by atoms with Crippen LogP contribution >= 0.6 is 11.8 Å². The molecule has 0 unspecified atom stereocenters. The van der Waals surface area contributed by atoms with Crippen LogP contribution in [0.25, 0.3) is 0 Å². The molecular weight excluding hydrogens is 252 g/mol. The molecule has 0 heterocycles. The molecule has 0 aromatic heterocycles. The highest BCUT2D eigenvalue weighted by Gasteiger charge is 2.07. The minimum Gasteiger partial charge on any atom is -0.481 e. The summed E-state index contributed by atoms with van der Waals surface area (Å²) in [7, 11) is 0. The van der Waals surface area contributed by atoms with Crippen LogP contribution in [-0.4, -0.2) is 22.2 Å². The van der Waals surface area contributed by atoms with Gasteiger partial charge in [-0.15, -0.1) is 0 Å². The largest absolute Gasteiger partial charge is 0.481 e. The van der Waals surface area contributed by atoms with Crippen LogP contribution < -0.4 is 11.5 Å². The van der Waals surface area contributed by atoms with Gasteiger partial charge >= 0.3 is 5.97 Å². The monoisotopic (exact) mass is 266 g/mol. The number of amidine groups is 1. The zero-order valence-corrected chi connectivity index (χ0v) is 10.4. The highest BCUT2D eigenvalue weighted by atomic mass is 32.2. The molecule has 18 heavy (non-hydrogen) atoms. The average Bonchev–Trinajstić information content (AvgIpc) is 2.26. The lowest BCUT2D eigenvalue weighted by Crippen LogP contribution is -2.23. The molecule has 6 nitrogen and oxygen atoms in total. The van der Waals surface area contributed by atoms with Gasteiger partial charge in [0.05, 0.1) is 6.42 Å². The van der Waals surface area contributed by atoms with Crippen molar-refractivity contribution in [3.63, 3.8) is 0 Å². The molecule has 0 aliphatic rings. The van der Waals surface area contributed by atoms with Crippen LogP contribution in [0.3, 0.4) is 0 Å². The number of nitrogens with zero attached hydrogens (tertiary/aromatic N) is 1. The number of rotatable bonds is 4. The molecule has 0 aliphatic carbocycles. The first-order chi connectivity index (χ1) is 8.49. The number of benzene rings is 1. The van der Waals surface area contributed by atoms with Gasteiger partial charge in [-0.25, -0.2) is 0 Å². The molecule has 1 aromatic rings. The number of aliphatic imine (C=N–C) groups is 1. The summed E-state index contributed by atoms with van der Waals surface area (Å²) in [6.45, 7) is 0. The third kappa shape index (κ3) is 4.88. The van der Waals surface area contributed by atoms with Crippen LogP contribution in [0, 0.1) is 5.41 Å². The van der Waals surface area contributed by atoms with Gasteiger partial charge in [0, 0.05) is 5.75 Å². The Morgan fingerprint density at radius 1 is 1.33 bits per heavy atom. The number of carboxylic acids is 1. The number of aliphatic carboxylic acids is 1. The van der Waals surface area contributed by atoms with Gasteiger partial charge < -0.3 is 16.6 Å². The Morgan fingerprint density at radius 2 is 1.94 bits per heavy atom. The van der Waals surface area contributed by atoms with Crippen LogP contribution in [0.2, 0.25) is 0 Å². The lowest BCUT2D eigenvalue weighted by molar-refractivity contribution is -0.136. The first kappa shape index (κ1) is 14.0. The van der Waals surface area contributed by atoms with Gasteiger partial charge in [-0.3, -0.25) is 10.2 Å². The minimum atomic E-state index is -0.883. The number of guanidine groups is 1. The van der Waals surface area contributed by atoms with Crippen molar-refractivity contribution in [3.8, 4) is 0 Å². The zero-order chi connectivity index (χ0) is 13.5. The van der Waals surface area contributed by atoms with Crippen LogP contribution in [-0.2, 0) is 17.0 Å². The smallest absolute Gasteiger partial charge is 0.307 e. The standard InChI is InChI=1S/C11H14N4O2S/c12-10(13)15-11(14)18-6-8-4-2-1-3-7(8)5-9(16)17/h1-4H,5-6H2,(H,16,17)(H5,12,13,14,15). The Balaban J connectivity index is 2.70. The third-order valence-corrected chi connectivity index (χ3v) is 2.88. The molecule has 0 saturated carbocycles. The molecule has 0 spiro atoms. The summed E-state index contributed by atoms with van der Waals surface area (Å²) >= 11 is 1.14. The van der Waals surface area contributed by atoms with E-state index in [0.29, 0.717) is 5.75 Å². The fraction of sp³-hybridized carbons (Fsp3) is 0.182. The Morgan fingerprint density at radius 3 is 2.50 bits per heavy atom. The summed E-state index contributed by atoms with van der Waals surface area (Å²) in [4.78, 5) is 14.3. The molecule has 1 rings (SSSR count). The molecule has 0 aliphatic heterocycles. The molecule has 96 valence electrons. The van der Waals surface area contributed by atoms with Crippen molar-refractivity contribution in [3.05, 3.63) is 35.4 Å². The summed E-state index contributed by atoms with van der Waals surface area (Å²) in [5.41, 5.74) is 11.9. The topological polar surface area (TPSA) is 126 Å². The van der Waals surface area contributed by atoms with E-state index in [1.165, 1.54) is 0 Å². The maximum absolute atomic E-state index is 10.7. The predicted octanol–water partition coefficient (Wildman–Crippen LogP) is 0.755. The van der Waals surface area contributed by atoms with E-state index < -0.39 is 5.97 Å². The van der Waals surface area contributed by atoms with Gasteiger partial charge in [0.1, 0.15) is 0 Å². The van der Waals surface area contributed by atoms with E-state index in [1.807, 2.05) is 12.1 Å². The van der Waals surface area contributed by atoms with E-state index in [1.54, 1.807) is 12.1 Å². The zero-order valence-electron chi connectivity index (χ0n) is 9.59. The summed E-state index contributed by atoms with van der Waals surface area (Å²) < 4.78 is 0. The number of nitrogens with two attached hydrogens (primary N) is 2. The fourth-order valence-corrected chi connectivity index (χ4v) is 2.07. The molecule has 0 bridgehead atoms. The summed E-state index contributed by atoms with van der Waals surface area (Å²) in [5.74, 6) is -0.586. The molecule has 7 heteroatoms. The molecule has 0 amide bonds. The Hall–Kier alpha value is -2.02. The Bertz CT molecular complexity index is 484. The molecule has 0 saturated heterocycles. The number of carboxylic acid groups (broad SMARTS) is 1. The van der Waals surface area contributed by atoms with Crippen LogP contribution in [0.4, 0.5) is 0 Å². The molecule has 0 radical (unpaired) electrons. The van der Waals surface area contributed by atoms with Crippen LogP contribution in [0.15, 0.2) is 29.3 Å². The maximum Gasteiger partial charge on any atom is 0.307 e. The second-order valence-electron chi connectivity index (χ2n) is 3.47. The van der Waals surface area contributed by atoms with Crippen molar-refractivity contribution >= 4 is 28.9 Å². The van der Waals surface area contributed by atoms with Crippen LogP contribution in [0.5, 0.6) is 0 Å². The van der Waals surface area contributed by atoms with E-state index in [2.05, 4.69) is 4.99 Å². The number of thioether (sulfide) groups is 1. The van der Waals surface area contributed by atoms with E-state index in [9.17, 15) is 4.79 Å². The van der Waals surface area contributed by atoms with Crippen molar-refractivity contribution in [2.45, 2.75) is 12.2 Å². The van der Waals surface area contributed by atoms with Gasteiger partial charge in [-0.05, 0) is 11.1 Å². The normalized spacial score (nSPS) is 9.78. The minimum absolute atomic E-state index is 0.000119. The van der Waals surface area contributed by atoms with Crippen LogP contribution in [0.1, 0.15) is 11.1 Å². The second-order valence-corrected chi connectivity index (χ2v) is 4.43. The molecule has 6 N–H and O–H groups in total. The van der Waals surface area contributed by atoms with Gasteiger partial charge in [-0.2, -0.15) is 4.99 Å². The lowest BCUT2D eigenvalue weighted by atomic mass is 10.1. The Labute approximate surface area is 109 Å². The SMILES string of the molecule is N=C(N=C(N)N)SCc1ccccc1CC(=O)O. The van der Waals surface area contributed by atoms with Gasteiger partial charge in [-0.1, -0.05) is 36.0 Å². The molecular formula is C11H14N4O2S. The maximum atomic E-state index is 10.7. The van der Waals surface area contributed by atoms with E-state index in [-0.39, 0.29) is 17.5 Å². The first-order valence-electron chi connectivity index (χ1n) is 5.08. The predicted molar refractivity (Wildman–Crippen MR) is 72.6 cm³/mol. The van der Waals surface area contributed by atoms with E-state index in [0.717, 1.165) is 22.9 Å². The Kier molecular flexibility index (Phi) is 5.19. The highest BCUT2D eigenvalue weighted by molar-refractivity contribution is 8.13. The van der Waals surface area contributed by atoms with Crippen molar-refractivity contribution in [2.24, 2.45) is 16.5 Å².